The van der Waals surface area contributed by atoms with Gasteiger partial charge < -0.3 is 10.0 Å². The minimum Gasteiger partial charge on any atom is -0.478 e. The molecule has 0 radical (unpaired) electrons. The highest BCUT2D eigenvalue weighted by molar-refractivity contribution is 5.88. The summed E-state index contributed by atoms with van der Waals surface area (Å²) in [5.74, 6) is -1.09. The Balaban J connectivity index is 1.79. The van der Waals surface area contributed by atoms with Crippen LogP contribution in [0, 0.1) is 0 Å². The van der Waals surface area contributed by atoms with Crippen LogP contribution in [-0.4, -0.2) is 43.9 Å². The SMILES string of the molecule is O=C(O)c1cn(Cc2cnc(N3CCCC3)nc2)nc1C(F)(F)F. The number of anilines is 1. The van der Waals surface area contributed by atoms with Crippen LogP contribution >= 0.6 is 0 Å². The standard InChI is InChI=1S/C14H14F3N5O2/c15-14(16,17)11-10(12(23)24)8-22(20-11)7-9-5-18-13(19-6-9)21-3-1-2-4-21/h5-6,8H,1-4,7H2,(H,23,24). The maximum atomic E-state index is 12.8. The first-order chi connectivity index (χ1) is 11.3. The van der Waals surface area contributed by atoms with E-state index >= 15 is 0 Å². The number of nitrogens with zero attached hydrogens (tertiary/aromatic N) is 5. The van der Waals surface area contributed by atoms with Crippen molar-refractivity contribution in [1.29, 1.82) is 0 Å². The summed E-state index contributed by atoms with van der Waals surface area (Å²) in [7, 11) is 0. The molecule has 1 fully saturated rings. The second kappa shape index (κ2) is 6.10. The molecule has 2 aromatic rings. The molecule has 0 unspecified atom stereocenters. The van der Waals surface area contributed by atoms with Crippen molar-refractivity contribution >= 4 is 11.9 Å². The summed E-state index contributed by atoms with van der Waals surface area (Å²) in [6.45, 7) is 1.72. The maximum Gasteiger partial charge on any atom is 0.436 e. The first kappa shape index (κ1) is 16.2. The topological polar surface area (TPSA) is 84.1 Å². The number of aromatic carboxylic acids is 1. The molecule has 0 saturated carbocycles. The first-order valence-corrected chi connectivity index (χ1v) is 7.28. The minimum absolute atomic E-state index is 0.0450. The van der Waals surface area contributed by atoms with Crippen LogP contribution in [0.25, 0.3) is 0 Å². The van der Waals surface area contributed by atoms with Crippen molar-refractivity contribution in [2.75, 3.05) is 18.0 Å². The monoisotopic (exact) mass is 341 g/mol. The van der Waals surface area contributed by atoms with Crippen LogP contribution in [0.1, 0.15) is 34.5 Å². The summed E-state index contributed by atoms with van der Waals surface area (Å²) in [6.07, 6.45) is 1.22. The molecule has 0 amide bonds. The number of hydrogen-bond acceptors (Lipinski definition) is 5. The molecule has 24 heavy (non-hydrogen) atoms. The van der Waals surface area contributed by atoms with Crippen molar-refractivity contribution in [3.63, 3.8) is 0 Å². The molecule has 7 nitrogen and oxygen atoms in total. The van der Waals surface area contributed by atoms with Gasteiger partial charge in [0.25, 0.3) is 0 Å². The first-order valence-electron chi connectivity index (χ1n) is 7.28. The van der Waals surface area contributed by atoms with Gasteiger partial charge in [-0.3, -0.25) is 4.68 Å². The van der Waals surface area contributed by atoms with Gasteiger partial charge in [-0.25, -0.2) is 14.8 Å². The largest absolute Gasteiger partial charge is 0.478 e. The summed E-state index contributed by atoms with van der Waals surface area (Å²) in [4.78, 5) is 21.4. The van der Waals surface area contributed by atoms with Crippen molar-refractivity contribution in [3.8, 4) is 0 Å². The van der Waals surface area contributed by atoms with E-state index in [4.69, 9.17) is 5.11 Å². The fraction of sp³-hybridized carbons (Fsp3) is 0.429. The van der Waals surface area contributed by atoms with Crippen LogP contribution in [0.15, 0.2) is 18.6 Å². The highest BCUT2D eigenvalue weighted by atomic mass is 19.4. The predicted molar refractivity (Wildman–Crippen MR) is 76.8 cm³/mol. The minimum atomic E-state index is -4.82. The molecule has 0 spiro atoms. The van der Waals surface area contributed by atoms with Crippen molar-refractivity contribution < 1.29 is 23.1 Å². The van der Waals surface area contributed by atoms with Crippen molar-refractivity contribution in [3.05, 3.63) is 35.4 Å². The van der Waals surface area contributed by atoms with Crippen molar-refractivity contribution in [2.24, 2.45) is 0 Å². The molecule has 2 aromatic heterocycles. The average Bonchev–Trinajstić information content (AvgIpc) is 3.16. The Morgan fingerprint density at radius 3 is 2.33 bits per heavy atom. The molecule has 1 saturated heterocycles. The number of carboxylic acid groups (broad SMARTS) is 1. The van der Waals surface area contributed by atoms with Gasteiger partial charge in [0.2, 0.25) is 5.95 Å². The lowest BCUT2D eigenvalue weighted by Gasteiger charge is -2.14. The lowest BCUT2D eigenvalue weighted by molar-refractivity contribution is -0.142. The molecule has 128 valence electrons. The van der Waals surface area contributed by atoms with E-state index in [0.29, 0.717) is 11.5 Å². The number of halogens is 3. The summed E-state index contributed by atoms with van der Waals surface area (Å²) in [5.41, 5.74) is -1.76. The Hall–Kier alpha value is -2.65. The molecule has 0 aromatic carbocycles. The molecule has 3 rings (SSSR count). The molecule has 0 atom stereocenters. The molecule has 3 heterocycles. The summed E-state index contributed by atoms with van der Waals surface area (Å²) >= 11 is 0. The molecule has 1 aliphatic heterocycles. The Morgan fingerprint density at radius 1 is 1.21 bits per heavy atom. The summed E-state index contributed by atoms with van der Waals surface area (Å²) in [6, 6.07) is 0. The van der Waals surface area contributed by atoms with Crippen LogP contribution in [-0.2, 0) is 12.7 Å². The Kier molecular flexibility index (Phi) is 4.12. The highest BCUT2D eigenvalue weighted by Crippen LogP contribution is 2.30. The van der Waals surface area contributed by atoms with Gasteiger partial charge in [-0.05, 0) is 12.8 Å². The number of carboxylic acids is 1. The van der Waals surface area contributed by atoms with Crippen LogP contribution in [0.5, 0.6) is 0 Å². The van der Waals surface area contributed by atoms with Gasteiger partial charge in [-0.2, -0.15) is 18.3 Å². The third-order valence-electron chi connectivity index (χ3n) is 3.69. The second-order valence-corrected chi connectivity index (χ2v) is 5.48. The normalized spacial score (nSPS) is 15.0. The van der Waals surface area contributed by atoms with Crippen LogP contribution in [0.2, 0.25) is 0 Å². The molecule has 1 N–H and O–H groups in total. The fourth-order valence-corrected chi connectivity index (χ4v) is 2.57. The quantitative estimate of drug-likeness (QED) is 0.916. The van der Waals surface area contributed by atoms with Crippen LogP contribution < -0.4 is 4.90 Å². The molecule has 1 aliphatic rings. The predicted octanol–water partition coefficient (Wildman–Crippen LogP) is 2.04. The van der Waals surface area contributed by atoms with E-state index in [1.54, 1.807) is 0 Å². The zero-order valence-electron chi connectivity index (χ0n) is 12.5. The van der Waals surface area contributed by atoms with Gasteiger partial charge in [0.1, 0.15) is 5.56 Å². The van der Waals surface area contributed by atoms with Crippen LogP contribution in [0.3, 0.4) is 0 Å². The Bertz CT molecular complexity index is 736. The van der Waals surface area contributed by atoms with Crippen molar-refractivity contribution in [2.45, 2.75) is 25.6 Å². The zero-order valence-corrected chi connectivity index (χ0v) is 12.5. The van der Waals surface area contributed by atoms with Gasteiger partial charge >= 0.3 is 12.1 Å². The van der Waals surface area contributed by atoms with E-state index in [1.807, 2.05) is 4.90 Å². The van der Waals surface area contributed by atoms with E-state index in [1.165, 1.54) is 12.4 Å². The lowest BCUT2D eigenvalue weighted by atomic mass is 10.2. The lowest BCUT2D eigenvalue weighted by Crippen LogP contribution is -2.20. The molecular weight excluding hydrogens is 327 g/mol. The van der Waals surface area contributed by atoms with Gasteiger partial charge in [0.05, 0.1) is 6.54 Å². The second-order valence-electron chi connectivity index (χ2n) is 5.48. The number of carbonyl (C=O) groups is 1. The number of aromatic nitrogens is 4. The van der Waals surface area contributed by atoms with E-state index < -0.39 is 23.4 Å². The molecule has 0 bridgehead atoms. The van der Waals surface area contributed by atoms with E-state index in [9.17, 15) is 18.0 Å². The van der Waals surface area contributed by atoms with E-state index in [-0.39, 0.29) is 6.54 Å². The van der Waals surface area contributed by atoms with E-state index in [2.05, 4.69) is 15.1 Å². The van der Waals surface area contributed by atoms with Gasteiger partial charge in [0.15, 0.2) is 5.69 Å². The third kappa shape index (κ3) is 3.31. The smallest absolute Gasteiger partial charge is 0.436 e. The molecular formula is C14H14F3N5O2. The average molecular weight is 341 g/mol. The van der Waals surface area contributed by atoms with Gasteiger partial charge in [0, 0.05) is 37.2 Å². The van der Waals surface area contributed by atoms with E-state index in [0.717, 1.165) is 36.8 Å². The third-order valence-corrected chi connectivity index (χ3v) is 3.69. The maximum absolute atomic E-state index is 12.8. The molecule has 10 heteroatoms. The van der Waals surface area contributed by atoms with Crippen molar-refractivity contribution in [1.82, 2.24) is 19.7 Å². The zero-order chi connectivity index (χ0) is 17.3. The fourth-order valence-electron chi connectivity index (χ4n) is 2.57. The summed E-state index contributed by atoms with van der Waals surface area (Å²) < 4.78 is 39.4. The highest BCUT2D eigenvalue weighted by Gasteiger charge is 2.39. The van der Waals surface area contributed by atoms with Gasteiger partial charge in [-0.1, -0.05) is 0 Å². The number of alkyl halides is 3. The Morgan fingerprint density at radius 2 is 1.83 bits per heavy atom. The van der Waals surface area contributed by atoms with Gasteiger partial charge in [-0.15, -0.1) is 0 Å². The molecule has 0 aliphatic carbocycles. The Labute approximate surface area is 134 Å². The van der Waals surface area contributed by atoms with Crippen LogP contribution in [0.4, 0.5) is 19.1 Å². The number of rotatable bonds is 4. The number of hydrogen-bond donors (Lipinski definition) is 1. The summed E-state index contributed by atoms with van der Waals surface area (Å²) in [5, 5.41) is 12.2.